The predicted molar refractivity (Wildman–Crippen MR) is 83.1 cm³/mol. The van der Waals surface area contributed by atoms with Gasteiger partial charge in [-0.15, -0.1) is 0 Å². The van der Waals surface area contributed by atoms with Crippen molar-refractivity contribution in [2.75, 3.05) is 13.7 Å². The molecule has 1 amide bonds. The lowest BCUT2D eigenvalue weighted by Crippen LogP contribution is -2.46. The van der Waals surface area contributed by atoms with Crippen molar-refractivity contribution < 1.29 is 14.3 Å². The number of methoxy groups -OCH3 is 1. The molecule has 1 aliphatic carbocycles. The number of nitrogens with one attached hydrogen (secondary N) is 1. The van der Waals surface area contributed by atoms with Crippen LogP contribution in [-0.4, -0.2) is 36.9 Å². The topological polar surface area (TPSA) is 59.9 Å². The molecule has 112 valence electrons. The molecule has 1 N–H and O–H groups in total. The molecule has 21 heavy (non-hydrogen) atoms. The Morgan fingerprint density at radius 1 is 1.38 bits per heavy atom. The number of carbonyl (C=O) groups excluding carboxylic acids is 1. The molecular weight excluding hydrogens is 288 g/mol. The van der Waals surface area contributed by atoms with Gasteiger partial charge in [-0.25, -0.2) is 4.99 Å². The van der Waals surface area contributed by atoms with E-state index < -0.39 is 0 Å². The molecule has 0 unspecified atom stereocenters. The lowest BCUT2D eigenvalue weighted by Gasteiger charge is -2.32. The van der Waals surface area contributed by atoms with Crippen LogP contribution < -0.4 is 14.8 Å². The minimum absolute atomic E-state index is 0.00158. The number of amides is 1. The fourth-order valence-corrected chi connectivity index (χ4v) is 2.27. The molecule has 2 rings (SSSR count). The molecule has 0 bridgehead atoms. The minimum Gasteiger partial charge on any atom is -0.497 e. The first-order valence-corrected chi connectivity index (χ1v) is 7.25. The molecule has 6 heteroatoms. The number of rotatable bonds is 7. The molecule has 0 saturated heterocycles. The first-order valence-electron chi connectivity index (χ1n) is 6.84. The zero-order valence-electron chi connectivity index (χ0n) is 11.9. The summed E-state index contributed by atoms with van der Waals surface area (Å²) in [4.78, 5) is 15.7. The van der Waals surface area contributed by atoms with Crippen molar-refractivity contribution in [3.8, 4) is 11.5 Å². The quantitative estimate of drug-likeness (QED) is 0.620. The number of benzene rings is 1. The van der Waals surface area contributed by atoms with Gasteiger partial charge in [0.15, 0.2) is 0 Å². The second kappa shape index (κ2) is 7.76. The highest BCUT2D eigenvalue weighted by Gasteiger charge is 2.29. The smallest absolute Gasteiger partial charge is 0.223 e. The van der Waals surface area contributed by atoms with Crippen molar-refractivity contribution in [1.82, 2.24) is 5.32 Å². The van der Waals surface area contributed by atoms with Crippen molar-refractivity contribution in [2.45, 2.75) is 31.3 Å². The van der Waals surface area contributed by atoms with Crippen LogP contribution in [0.3, 0.4) is 0 Å². The Morgan fingerprint density at radius 2 is 2.05 bits per heavy atom. The highest BCUT2D eigenvalue weighted by Crippen LogP contribution is 2.23. The molecule has 0 spiro atoms. The molecule has 1 fully saturated rings. The van der Waals surface area contributed by atoms with Gasteiger partial charge in [0, 0.05) is 6.04 Å². The second-order valence-electron chi connectivity index (χ2n) is 4.88. The summed E-state index contributed by atoms with van der Waals surface area (Å²) < 4.78 is 10.6. The van der Waals surface area contributed by atoms with Crippen molar-refractivity contribution in [3.63, 3.8) is 0 Å². The average Bonchev–Trinajstić information content (AvgIpc) is 2.46. The van der Waals surface area contributed by atoms with Gasteiger partial charge in [-0.3, -0.25) is 4.79 Å². The van der Waals surface area contributed by atoms with Crippen molar-refractivity contribution >= 4 is 23.3 Å². The first kappa shape index (κ1) is 15.5. The molecule has 0 aromatic heterocycles. The van der Waals surface area contributed by atoms with E-state index in [2.05, 4.69) is 27.7 Å². The Bertz CT molecular complexity index is 520. The van der Waals surface area contributed by atoms with E-state index in [0.29, 0.717) is 13.0 Å². The summed E-state index contributed by atoms with van der Waals surface area (Å²) in [5.74, 6) is 1.50. The minimum atomic E-state index is -0.00158. The first-order chi connectivity index (χ1) is 10.2. The number of aliphatic imine (C=N–C) groups is 1. The zero-order valence-corrected chi connectivity index (χ0v) is 12.7. The molecule has 1 saturated carbocycles. The van der Waals surface area contributed by atoms with E-state index in [1.165, 1.54) is 0 Å². The van der Waals surface area contributed by atoms with Crippen LogP contribution in [-0.2, 0) is 4.79 Å². The normalized spacial score (nSPS) is 19.9. The van der Waals surface area contributed by atoms with Gasteiger partial charge in [0.05, 0.1) is 31.3 Å². The summed E-state index contributed by atoms with van der Waals surface area (Å²) in [6, 6.07) is 7.70. The number of isothiocyanates is 1. The van der Waals surface area contributed by atoms with Crippen LogP contribution in [0.15, 0.2) is 29.3 Å². The van der Waals surface area contributed by atoms with Crippen LogP contribution in [0.4, 0.5) is 0 Å². The third-order valence-electron chi connectivity index (χ3n) is 3.37. The molecule has 0 radical (unpaired) electrons. The van der Waals surface area contributed by atoms with E-state index in [0.717, 1.165) is 24.3 Å². The van der Waals surface area contributed by atoms with Gasteiger partial charge in [0.1, 0.15) is 11.5 Å². The standard InChI is InChI=1S/C15H18N2O3S/c1-19-13-2-4-14(5-3-13)20-7-6-15(18)17-12-8-11(9-12)16-10-21/h2-5,11-12H,6-9H2,1H3,(H,17,18). The predicted octanol–water partition coefficient (Wildman–Crippen LogP) is 2.21. The molecule has 0 atom stereocenters. The largest absolute Gasteiger partial charge is 0.497 e. The van der Waals surface area contributed by atoms with Crippen LogP contribution >= 0.6 is 12.2 Å². The lowest BCUT2D eigenvalue weighted by molar-refractivity contribution is -0.122. The average molecular weight is 306 g/mol. The van der Waals surface area contributed by atoms with Gasteiger partial charge in [-0.2, -0.15) is 0 Å². The van der Waals surface area contributed by atoms with E-state index in [4.69, 9.17) is 9.47 Å². The summed E-state index contributed by atoms with van der Waals surface area (Å²) in [5.41, 5.74) is 0. The Morgan fingerprint density at radius 3 is 2.67 bits per heavy atom. The fourth-order valence-electron chi connectivity index (χ4n) is 2.12. The maximum atomic E-state index is 11.7. The van der Waals surface area contributed by atoms with Crippen LogP contribution in [0.5, 0.6) is 11.5 Å². The molecule has 1 aromatic carbocycles. The Labute approximate surface area is 129 Å². The summed E-state index contributed by atoms with van der Waals surface area (Å²) in [6.07, 6.45) is 2.02. The van der Waals surface area contributed by atoms with Crippen LogP contribution in [0.2, 0.25) is 0 Å². The van der Waals surface area contributed by atoms with Gasteiger partial charge < -0.3 is 14.8 Å². The van der Waals surface area contributed by atoms with Crippen LogP contribution in [0.25, 0.3) is 0 Å². The Kier molecular flexibility index (Phi) is 5.72. The number of thiocarbonyl (C=S) groups is 1. The van der Waals surface area contributed by atoms with Gasteiger partial charge in [0.25, 0.3) is 0 Å². The number of ether oxygens (including phenoxy) is 2. The van der Waals surface area contributed by atoms with E-state index >= 15 is 0 Å². The van der Waals surface area contributed by atoms with E-state index in [1.54, 1.807) is 7.11 Å². The van der Waals surface area contributed by atoms with E-state index in [9.17, 15) is 4.79 Å². The van der Waals surface area contributed by atoms with Crippen LogP contribution in [0, 0.1) is 0 Å². The molecule has 0 heterocycles. The lowest BCUT2D eigenvalue weighted by atomic mass is 9.87. The summed E-state index contributed by atoms with van der Waals surface area (Å²) in [5, 5.41) is 5.32. The third kappa shape index (κ3) is 4.85. The molecule has 1 aromatic rings. The SMILES string of the molecule is COc1ccc(OCCC(=O)NC2CC(N=C=S)C2)cc1. The molecule has 1 aliphatic rings. The summed E-state index contributed by atoms with van der Waals surface area (Å²) in [7, 11) is 1.61. The van der Waals surface area contributed by atoms with Crippen LogP contribution in [0.1, 0.15) is 19.3 Å². The second-order valence-corrected chi connectivity index (χ2v) is 5.07. The number of hydrogen-bond donors (Lipinski definition) is 1. The Hall–Kier alpha value is -1.91. The molecular formula is C15H18N2O3S. The van der Waals surface area contributed by atoms with Gasteiger partial charge >= 0.3 is 0 Å². The van der Waals surface area contributed by atoms with Gasteiger partial charge in [0.2, 0.25) is 5.91 Å². The number of carbonyl (C=O) groups is 1. The summed E-state index contributed by atoms with van der Waals surface area (Å²) >= 11 is 4.55. The van der Waals surface area contributed by atoms with Crippen molar-refractivity contribution in [1.29, 1.82) is 0 Å². The maximum Gasteiger partial charge on any atom is 0.223 e. The van der Waals surface area contributed by atoms with E-state index in [-0.39, 0.29) is 18.0 Å². The van der Waals surface area contributed by atoms with Gasteiger partial charge in [-0.05, 0) is 49.3 Å². The fraction of sp³-hybridized carbons (Fsp3) is 0.467. The summed E-state index contributed by atoms with van der Waals surface area (Å²) in [6.45, 7) is 0.354. The number of hydrogen-bond acceptors (Lipinski definition) is 5. The molecule has 0 aliphatic heterocycles. The highest BCUT2D eigenvalue weighted by molar-refractivity contribution is 7.78. The van der Waals surface area contributed by atoms with Crippen molar-refractivity contribution in [3.05, 3.63) is 24.3 Å². The monoisotopic (exact) mass is 306 g/mol. The highest BCUT2D eigenvalue weighted by atomic mass is 32.1. The van der Waals surface area contributed by atoms with Gasteiger partial charge in [-0.1, -0.05) is 0 Å². The third-order valence-corrected chi connectivity index (χ3v) is 3.48. The van der Waals surface area contributed by atoms with Crippen molar-refractivity contribution in [2.24, 2.45) is 4.99 Å². The van der Waals surface area contributed by atoms with E-state index in [1.807, 2.05) is 24.3 Å². The number of nitrogens with zero attached hydrogens (tertiary/aromatic N) is 1. The zero-order chi connectivity index (χ0) is 15.1. The maximum absolute atomic E-state index is 11.7. The molecule has 5 nitrogen and oxygen atoms in total. The Balaban J connectivity index is 1.62.